The van der Waals surface area contributed by atoms with Gasteiger partial charge in [0.1, 0.15) is 23.6 Å². The van der Waals surface area contributed by atoms with Crippen LogP contribution in [-0.2, 0) is 17.6 Å². The molecule has 0 radical (unpaired) electrons. The third-order valence-electron chi connectivity index (χ3n) is 5.89. The minimum absolute atomic E-state index is 0.0995. The van der Waals surface area contributed by atoms with E-state index in [1.807, 2.05) is 18.2 Å². The number of carbonyl (C=O) groups is 1. The Hall–Kier alpha value is -4.13. The molecule has 174 valence electrons. The Labute approximate surface area is 198 Å². The number of nitrogens with one attached hydrogen (secondary N) is 1. The van der Waals surface area contributed by atoms with E-state index in [1.165, 1.54) is 35.3 Å². The van der Waals surface area contributed by atoms with E-state index in [4.69, 9.17) is 14.6 Å². The molecule has 0 amide bonds. The van der Waals surface area contributed by atoms with Crippen LogP contribution in [0, 0.1) is 6.92 Å². The van der Waals surface area contributed by atoms with E-state index in [9.17, 15) is 4.79 Å². The monoisotopic (exact) mass is 457 g/mol. The minimum atomic E-state index is -0.905. The summed E-state index contributed by atoms with van der Waals surface area (Å²) in [6, 6.07) is 17.7. The zero-order valence-corrected chi connectivity index (χ0v) is 19.5. The lowest BCUT2D eigenvalue weighted by molar-refractivity contribution is -0.136. The number of methoxy groups -OCH3 is 2. The number of anilines is 1. The second kappa shape index (κ2) is 10.2. The molecule has 2 N–H and O–H groups in total. The molecule has 0 atom stereocenters. The van der Waals surface area contributed by atoms with Crippen LogP contribution in [0.15, 0.2) is 60.9 Å². The molecule has 0 bridgehead atoms. The summed E-state index contributed by atoms with van der Waals surface area (Å²) >= 11 is 0. The number of rotatable bonds is 9. The SMILES string of the molecule is COc1cc(-c2cc(NCCc3c(OC)cc4ccccc4c3C)ncn2)ccc1CC(=O)O. The normalized spacial score (nSPS) is 10.8. The molecular weight excluding hydrogens is 430 g/mol. The highest BCUT2D eigenvalue weighted by Gasteiger charge is 2.12. The predicted octanol–water partition coefficient (Wildman–Crippen LogP) is 4.90. The Kier molecular flexibility index (Phi) is 6.92. The molecule has 3 aromatic carbocycles. The standard InChI is InChI=1S/C27H27N3O4/c1-17-21-7-5-4-6-18(21)12-25(34-3)22(17)10-11-28-26-15-23(29-16-30-26)19-8-9-20(14-27(31)32)24(13-19)33-2/h4-9,12-13,15-16H,10-11,14H2,1-3H3,(H,31,32)(H,28,29,30). The summed E-state index contributed by atoms with van der Waals surface area (Å²) in [5.41, 5.74) is 4.54. The van der Waals surface area contributed by atoms with Gasteiger partial charge in [0.25, 0.3) is 0 Å². The van der Waals surface area contributed by atoms with Crippen LogP contribution in [0.5, 0.6) is 11.5 Å². The van der Waals surface area contributed by atoms with Crippen molar-refractivity contribution in [3.05, 3.63) is 77.6 Å². The smallest absolute Gasteiger partial charge is 0.307 e. The summed E-state index contributed by atoms with van der Waals surface area (Å²) in [6.45, 7) is 2.80. The highest BCUT2D eigenvalue weighted by Crippen LogP contribution is 2.31. The fraction of sp³-hybridized carbons (Fsp3) is 0.222. The van der Waals surface area contributed by atoms with Gasteiger partial charge >= 0.3 is 5.97 Å². The molecule has 34 heavy (non-hydrogen) atoms. The third-order valence-corrected chi connectivity index (χ3v) is 5.89. The fourth-order valence-electron chi connectivity index (χ4n) is 4.17. The average Bonchev–Trinajstić information content (AvgIpc) is 2.85. The molecule has 0 aliphatic carbocycles. The number of aliphatic carboxylic acids is 1. The summed E-state index contributed by atoms with van der Waals surface area (Å²) in [4.78, 5) is 19.8. The van der Waals surface area contributed by atoms with Gasteiger partial charge in [-0.25, -0.2) is 9.97 Å². The number of hydrogen-bond acceptors (Lipinski definition) is 6. The van der Waals surface area contributed by atoms with Gasteiger partial charge in [-0.2, -0.15) is 0 Å². The number of ether oxygens (including phenoxy) is 2. The van der Waals surface area contributed by atoms with Gasteiger partial charge < -0.3 is 19.9 Å². The average molecular weight is 458 g/mol. The van der Waals surface area contributed by atoms with Crippen LogP contribution in [0.1, 0.15) is 16.7 Å². The molecule has 4 aromatic rings. The number of fused-ring (bicyclic) bond motifs is 1. The molecule has 0 aliphatic heterocycles. The lowest BCUT2D eigenvalue weighted by atomic mass is 9.97. The third kappa shape index (κ3) is 4.93. The first-order chi connectivity index (χ1) is 16.5. The molecule has 1 heterocycles. The van der Waals surface area contributed by atoms with Crippen molar-refractivity contribution in [2.45, 2.75) is 19.8 Å². The predicted molar refractivity (Wildman–Crippen MR) is 133 cm³/mol. The quantitative estimate of drug-likeness (QED) is 0.369. The number of hydrogen-bond donors (Lipinski definition) is 2. The number of aromatic nitrogens is 2. The number of nitrogens with zero attached hydrogens (tertiary/aromatic N) is 2. The lowest BCUT2D eigenvalue weighted by Gasteiger charge is -2.15. The van der Waals surface area contributed by atoms with Crippen LogP contribution in [0.2, 0.25) is 0 Å². The molecule has 7 nitrogen and oxygen atoms in total. The highest BCUT2D eigenvalue weighted by atomic mass is 16.5. The maximum absolute atomic E-state index is 11.1. The van der Waals surface area contributed by atoms with Crippen LogP contribution >= 0.6 is 0 Å². The Bertz CT molecular complexity index is 1340. The van der Waals surface area contributed by atoms with E-state index in [1.54, 1.807) is 19.2 Å². The van der Waals surface area contributed by atoms with Gasteiger partial charge in [0.2, 0.25) is 0 Å². The molecule has 4 rings (SSSR count). The van der Waals surface area contributed by atoms with Crippen molar-refractivity contribution in [3.63, 3.8) is 0 Å². The van der Waals surface area contributed by atoms with Crippen molar-refractivity contribution in [2.24, 2.45) is 0 Å². The van der Waals surface area contributed by atoms with Gasteiger partial charge in [-0.3, -0.25) is 4.79 Å². The fourth-order valence-corrected chi connectivity index (χ4v) is 4.17. The summed E-state index contributed by atoms with van der Waals surface area (Å²) < 4.78 is 11.0. The molecule has 0 spiro atoms. The van der Waals surface area contributed by atoms with Crippen LogP contribution < -0.4 is 14.8 Å². The van der Waals surface area contributed by atoms with Gasteiger partial charge in [-0.1, -0.05) is 36.4 Å². The van der Waals surface area contributed by atoms with Crippen LogP contribution in [-0.4, -0.2) is 41.8 Å². The van der Waals surface area contributed by atoms with Crippen molar-refractivity contribution < 1.29 is 19.4 Å². The Morgan fingerprint density at radius 1 is 1.00 bits per heavy atom. The maximum atomic E-state index is 11.1. The second-order valence-corrected chi connectivity index (χ2v) is 7.97. The molecule has 1 aromatic heterocycles. The topological polar surface area (TPSA) is 93.6 Å². The summed E-state index contributed by atoms with van der Waals surface area (Å²) in [6.07, 6.45) is 2.19. The summed E-state index contributed by atoms with van der Waals surface area (Å²) in [5.74, 6) is 1.20. The van der Waals surface area contributed by atoms with Crippen molar-refractivity contribution in [1.82, 2.24) is 9.97 Å². The number of carboxylic acid groups (broad SMARTS) is 1. The van der Waals surface area contributed by atoms with E-state index < -0.39 is 5.97 Å². The van der Waals surface area contributed by atoms with Crippen molar-refractivity contribution in [3.8, 4) is 22.8 Å². The van der Waals surface area contributed by atoms with Crippen LogP contribution in [0.4, 0.5) is 5.82 Å². The first-order valence-corrected chi connectivity index (χ1v) is 11.0. The maximum Gasteiger partial charge on any atom is 0.307 e. The number of carboxylic acids is 1. The zero-order valence-electron chi connectivity index (χ0n) is 19.5. The van der Waals surface area contributed by atoms with Crippen molar-refractivity contribution in [1.29, 1.82) is 0 Å². The molecule has 0 saturated heterocycles. The Morgan fingerprint density at radius 3 is 2.56 bits per heavy atom. The Balaban J connectivity index is 1.51. The van der Waals surface area contributed by atoms with E-state index in [0.717, 1.165) is 23.4 Å². The minimum Gasteiger partial charge on any atom is -0.496 e. The van der Waals surface area contributed by atoms with Crippen LogP contribution in [0.25, 0.3) is 22.0 Å². The molecule has 0 unspecified atom stereocenters. The summed E-state index contributed by atoms with van der Waals surface area (Å²) in [7, 11) is 3.23. The van der Waals surface area contributed by atoms with Gasteiger partial charge in [-0.05, 0) is 47.4 Å². The largest absolute Gasteiger partial charge is 0.496 e. The van der Waals surface area contributed by atoms with Crippen molar-refractivity contribution >= 4 is 22.6 Å². The number of aryl methyl sites for hydroxylation is 1. The van der Waals surface area contributed by atoms with Gasteiger partial charge in [0, 0.05) is 23.7 Å². The highest BCUT2D eigenvalue weighted by molar-refractivity contribution is 5.88. The van der Waals surface area contributed by atoms with E-state index in [0.29, 0.717) is 23.7 Å². The molecule has 0 saturated carbocycles. The first kappa shape index (κ1) is 23.0. The van der Waals surface area contributed by atoms with Gasteiger partial charge in [0.05, 0.1) is 26.3 Å². The lowest BCUT2D eigenvalue weighted by Crippen LogP contribution is -2.09. The van der Waals surface area contributed by atoms with Crippen molar-refractivity contribution in [2.75, 3.05) is 26.1 Å². The Morgan fingerprint density at radius 2 is 1.79 bits per heavy atom. The van der Waals surface area contributed by atoms with E-state index in [2.05, 4.69) is 46.5 Å². The van der Waals surface area contributed by atoms with Gasteiger partial charge in [0.15, 0.2) is 0 Å². The van der Waals surface area contributed by atoms with E-state index >= 15 is 0 Å². The van der Waals surface area contributed by atoms with Crippen LogP contribution in [0.3, 0.4) is 0 Å². The molecule has 0 aliphatic rings. The molecule has 0 fully saturated rings. The molecular formula is C27H27N3O4. The zero-order chi connectivity index (χ0) is 24.1. The summed E-state index contributed by atoms with van der Waals surface area (Å²) in [5, 5.41) is 14.9. The second-order valence-electron chi connectivity index (χ2n) is 7.97. The number of benzene rings is 3. The van der Waals surface area contributed by atoms with E-state index in [-0.39, 0.29) is 6.42 Å². The first-order valence-electron chi connectivity index (χ1n) is 11.0. The molecule has 7 heteroatoms. The van der Waals surface area contributed by atoms with Gasteiger partial charge in [-0.15, -0.1) is 0 Å².